The number of rotatable bonds is 10. The predicted molar refractivity (Wildman–Crippen MR) is 85.0 cm³/mol. The average molecular weight is 279 g/mol. The lowest BCUT2D eigenvalue weighted by molar-refractivity contribution is 0.136. The Morgan fingerprint density at radius 3 is 2.85 bits per heavy atom. The molecule has 1 aromatic heterocycles. The van der Waals surface area contributed by atoms with Crippen LogP contribution in [-0.4, -0.2) is 43.2 Å². The highest BCUT2D eigenvalue weighted by atomic mass is 16.5. The Morgan fingerprint density at radius 2 is 2.20 bits per heavy atom. The van der Waals surface area contributed by atoms with Crippen molar-refractivity contribution >= 4 is 5.82 Å². The van der Waals surface area contributed by atoms with E-state index in [1.807, 2.05) is 6.20 Å². The van der Waals surface area contributed by atoms with Crippen LogP contribution < -0.4 is 5.32 Å². The molecule has 0 aliphatic rings. The molecule has 0 amide bonds. The van der Waals surface area contributed by atoms with Gasteiger partial charge in [0.2, 0.25) is 0 Å². The molecule has 0 bridgehead atoms. The fourth-order valence-corrected chi connectivity index (χ4v) is 2.15. The second-order valence-electron chi connectivity index (χ2n) is 5.60. The van der Waals surface area contributed by atoms with E-state index in [0.717, 1.165) is 45.0 Å². The normalized spacial score (nSPS) is 11.3. The van der Waals surface area contributed by atoms with E-state index in [-0.39, 0.29) is 0 Å². The molecule has 0 aromatic carbocycles. The van der Waals surface area contributed by atoms with E-state index in [2.05, 4.69) is 48.1 Å². The average Bonchev–Trinajstić information content (AvgIpc) is 2.42. The molecule has 1 rings (SSSR count). The van der Waals surface area contributed by atoms with Crippen LogP contribution in [0.15, 0.2) is 18.3 Å². The van der Waals surface area contributed by atoms with E-state index in [4.69, 9.17) is 4.74 Å². The Labute approximate surface area is 123 Å². The fourth-order valence-electron chi connectivity index (χ4n) is 2.15. The van der Waals surface area contributed by atoms with Gasteiger partial charge in [0.15, 0.2) is 0 Å². The Balaban J connectivity index is 2.61. The third kappa shape index (κ3) is 6.87. The molecule has 0 spiro atoms. The number of ether oxygens (including phenoxy) is 1. The summed E-state index contributed by atoms with van der Waals surface area (Å²) in [5.74, 6) is 1.63. The van der Waals surface area contributed by atoms with Gasteiger partial charge >= 0.3 is 0 Å². The maximum absolute atomic E-state index is 5.20. The van der Waals surface area contributed by atoms with Gasteiger partial charge in [-0.2, -0.15) is 0 Å². The Kier molecular flexibility index (Phi) is 8.23. The van der Waals surface area contributed by atoms with E-state index in [1.165, 1.54) is 5.56 Å². The number of nitrogens with zero attached hydrogens (tertiary/aromatic N) is 2. The Bertz CT molecular complexity index is 368. The molecule has 1 aromatic rings. The topological polar surface area (TPSA) is 37.4 Å². The maximum Gasteiger partial charge on any atom is 0.126 e. The molecular formula is C16H29N3O. The fraction of sp³-hybridized carbons (Fsp3) is 0.688. The molecule has 0 radical (unpaired) electrons. The second-order valence-corrected chi connectivity index (χ2v) is 5.60. The van der Waals surface area contributed by atoms with Gasteiger partial charge in [-0.15, -0.1) is 0 Å². The smallest absolute Gasteiger partial charge is 0.126 e. The maximum atomic E-state index is 5.20. The van der Waals surface area contributed by atoms with Gasteiger partial charge in [-0.1, -0.05) is 20.8 Å². The summed E-state index contributed by atoms with van der Waals surface area (Å²) >= 11 is 0. The van der Waals surface area contributed by atoms with Crippen LogP contribution in [0.4, 0.5) is 5.82 Å². The van der Waals surface area contributed by atoms with Crippen molar-refractivity contribution in [2.45, 2.75) is 33.7 Å². The minimum absolute atomic E-state index is 0.659. The molecule has 20 heavy (non-hydrogen) atoms. The van der Waals surface area contributed by atoms with Crippen molar-refractivity contribution < 1.29 is 4.74 Å². The van der Waals surface area contributed by atoms with Crippen molar-refractivity contribution in [2.24, 2.45) is 5.92 Å². The first-order valence-corrected chi connectivity index (χ1v) is 7.55. The zero-order valence-corrected chi connectivity index (χ0v) is 13.4. The van der Waals surface area contributed by atoms with Crippen LogP contribution in [0.5, 0.6) is 0 Å². The molecule has 0 aliphatic heterocycles. The van der Waals surface area contributed by atoms with E-state index >= 15 is 0 Å². The molecule has 114 valence electrons. The van der Waals surface area contributed by atoms with Gasteiger partial charge in [-0.25, -0.2) is 4.98 Å². The summed E-state index contributed by atoms with van der Waals surface area (Å²) in [5, 5.41) is 3.34. The summed E-state index contributed by atoms with van der Waals surface area (Å²) in [6.45, 7) is 11.4. The summed E-state index contributed by atoms with van der Waals surface area (Å²) in [4.78, 5) is 6.79. The van der Waals surface area contributed by atoms with Crippen molar-refractivity contribution in [3.63, 3.8) is 0 Å². The minimum atomic E-state index is 0.659. The third-order valence-corrected chi connectivity index (χ3v) is 3.02. The van der Waals surface area contributed by atoms with Gasteiger partial charge in [0.05, 0.1) is 6.61 Å². The summed E-state index contributed by atoms with van der Waals surface area (Å²) in [6, 6.07) is 4.24. The number of methoxy groups -OCH3 is 1. The third-order valence-electron chi connectivity index (χ3n) is 3.02. The van der Waals surface area contributed by atoms with Crippen molar-refractivity contribution in [3.8, 4) is 0 Å². The van der Waals surface area contributed by atoms with E-state index in [0.29, 0.717) is 5.92 Å². The highest BCUT2D eigenvalue weighted by Gasteiger charge is 2.08. The first-order chi connectivity index (χ1) is 9.65. The summed E-state index contributed by atoms with van der Waals surface area (Å²) < 4.78 is 5.20. The molecule has 0 atom stereocenters. The van der Waals surface area contributed by atoms with Gasteiger partial charge in [0, 0.05) is 39.5 Å². The van der Waals surface area contributed by atoms with E-state index < -0.39 is 0 Å². The van der Waals surface area contributed by atoms with Crippen molar-refractivity contribution in [2.75, 3.05) is 38.7 Å². The number of anilines is 1. The molecule has 0 saturated carbocycles. The van der Waals surface area contributed by atoms with Crippen LogP contribution in [0.3, 0.4) is 0 Å². The summed E-state index contributed by atoms with van der Waals surface area (Å²) in [5.41, 5.74) is 1.30. The SMILES string of the molecule is CCCNc1cc(CN(CCOC)CC(C)C)ccn1. The van der Waals surface area contributed by atoms with Crippen molar-refractivity contribution in [1.29, 1.82) is 0 Å². The molecule has 0 saturated heterocycles. The van der Waals surface area contributed by atoms with E-state index in [9.17, 15) is 0 Å². The van der Waals surface area contributed by atoms with Crippen LogP contribution >= 0.6 is 0 Å². The lowest BCUT2D eigenvalue weighted by atomic mass is 10.2. The molecule has 0 aliphatic carbocycles. The van der Waals surface area contributed by atoms with Gasteiger partial charge in [-0.05, 0) is 30.0 Å². The van der Waals surface area contributed by atoms with Gasteiger partial charge < -0.3 is 10.1 Å². The van der Waals surface area contributed by atoms with Crippen LogP contribution in [0.2, 0.25) is 0 Å². The highest BCUT2D eigenvalue weighted by molar-refractivity contribution is 5.37. The first kappa shape index (κ1) is 16.9. The minimum Gasteiger partial charge on any atom is -0.383 e. The summed E-state index contributed by atoms with van der Waals surface area (Å²) in [7, 11) is 1.76. The van der Waals surface area contributed by atoms with Crippen LogP contribution in [0.1, 0.15) is 32.8 Å². The molecule has 1 heterocycles. The standard InChI is InChI=1S/C16H29N3O/c1-5-7-17-16-11-15(6-8-18-16)13-19(9-10-20-4)12-14(2)3/h6,8,11,14H,5,7,9-10,12-13H2,1-4H3,(H,17,18). The summed E-state index contributed by atoms with van der Waals surface area (Å²) in [6.07, 6.45) is 3.00. The van der Waals surface area contributed by atoms with Gasteiger partial charge in [0.1, 0.15) is 5.82 Å². The molecule has 1 N–H and O–H groups in total. The molecule has 0 unspecified atom stereocenters. The second kappa shape index (κ2) is 9.72. The Morgan fingerprint density at radius 1 is 1.40 bits per heavy atom. The van der Waals surface area contributed by atoms with Gasteiger partial charge in [0.25, 0.3) is 0 Å². The highest BCUT2D eigenvalue weighted by Crippen LogP contribution is 2.11. The Hall–Kier alpha value is -1.13. The molecular weight excluding hydrogens is 250 g/mol. The largest absolute Gasteiger partial charge is 0.383 e. The monoisotopic (exact) mass is 279 g/mol. The molecule has 4 heteroatoms. The number of hydrogen-bond acceptors (Lipinski definition) is 4. The zero-order valence-electron chi connectivity index (χ0n) is 13.4. The number of nitrogens with one attached hydrogen (secondary N) is 1. The van der Waals surface area contributed by atoms with Crippen molar-refractivity contribution in [1.82, 2.24) is 9.88 Å². The van der Waals surface area contributed by atoms with Crippen LogP contribution in [-0.2, 0) is 11.3 Å². The number of hydrogen-bond donors (Lipinski definition) is 1. The number of pyridine rings is 1. The molecule has 0 fully saturated rings. The first-order valence-electron chi connectivity index (χ1n) is 7.55. The van der Waals surface area contributed by atoms with Gasteiger partial charge in [-0.3, -0.25) is 4.90 Å². The zero-order chi connectivity index (χ0) is 14.8. The van der Waals surface area contributed by atoms with Crippen LogP contribution in [0.25, 0.3) is 0 Å². The van der Waals surface area contributed by atoms with Crippen molar-refractivity contribution in [3.05, 3.63) is 23.9 Å². The lowest BCUT2D eigenvalue weighted by Crippen LogP contribution is -2.30. The quantitative estimate of drug-likeness (QED) is 0.714. The predicted octanol–water partition coefficient (Wildman–Crippen LogP) is 3.01. The lowest BCUT2D eigenvalue weighted by Gasteiger charge is -2.24. The van der Waals surface area contributed by atoms with E-state index in [1.54, 1.807) is 7.11 Å². The van der Waals surface area contributed by atoms with Crippen LogP contribution in [0, 0.1) is 5.92 Å². The molecule has 4 nitrogen and oxygen atoms in total. The number of aromatic nitrogens is 1.